The molecule has 35 heavy (non-hydrogen) atoms. The van der Waals surface area contributed by atoms with Crippen LogP contribution in [0.2, 0.25) is 5.02 Å². The van der Waals surface area contributed by atoms with Crippen molar-refractivity contribution in [2.24, 2.45) is 0 Å². The largest absolute Gasteiger partial charge is 0.507 e. The lowest BCUT2D eigenvalue weighted by Crippen LogP contribution is -2.14. The summed E-state index contributed by atoms with van der Waals surface area (Å²) in [6, 6.07) is 5.09. The lowest BCUT2D eigenvalue weighted by molar-refractivity contribution is -0.141. The Morgan fingerprint density at radius 1 is 1.03 bits per heavy atom. The SMILES string of the molecule is CCC(F)(F)F.O=C(Nc1c(F)cccc1Cl)c1cc(F)c(-c2cnc(C(F)(F)F)cn2)cc1O. The van der Waals surface area contributed by atoms with Gasteiger partial charge in [0.05, 0.1) is 34.4 Å². The third-order valence-corrected chi connectivity index (χ3v) is 4.47. The van der Waals surface area contributed by atoms with E-state index in [4.69, 9.17) is 11.6 Å². The first-order chi connectivity index (χ1) is 16.1. The number of benzene rings is 2. The highest BCUT2D eigenvalue weighted by molar-refractivity contribution is 6.34. The van der Waals surface area contributed by atoms with Gasteiger partial charge < -0.3 is 10.4 Å². The molecule has 0 saturated heterocycles. The van der Waals surface area contributed by atoms with Crippen molar-refractivity contribution >= 4 is 23.2 Å². The van der Waals surface area contributed by atoms with E-state index in [1.165, 1.54) is 12.1 Å². The summed E-state index contributed by atoms with van der Waals surface area (Å²) < 4.78 is 98.2. The van der Waals surface area contributed by atoms with E-state index in [0.717, 1.165) is 19.1 Å². The third-order valence-electron chi connectivity index (χ3n) is 4.15. The fraction of sp³-hybridized carbons (Fsp3) is 0.190. The highest BCUT2D eigenvalue weighted by Gasteiger charge is 2.33. The molecular weight excluding hydrogens is 514 g/mol. The van der Waals surface area contributed by atoms with Crippen LogP contribution in [0.15, 0.2) is 42.7 Å². The number of para-hydroxylation sites is 1. The van der Waals surface area contributed by atoms with Crippen molar-refractivity contribution in [1.82, 2.24) is 9.97 Å². The van der Waals surface area contributed by atoms with Gasteiger partial charge in [0.25, 0.3) is 5.91 Å². The van der Waals surface area contributed by atoms with E-state index in [1.807, 2.05) is 0 Å². The number of nitrogens with zero attached hydrogens (tertiary/aromatic N) is 2. The van der Waals surface area contributed by atoms with Crippen molar-refractivity contribution in [2.75, 3.05) is 5.32 Å². The normalized spacial score (nSPS) is 11.5. The van der Waals surface area contributed by atoms with Crippen LogP contribution in [-0.4, -0.2) is 27.2 Å². The lowest BCUT2D eigenvalue weighted by Gasteiger charge is -2.11. The van der Waals surface area contributed by atoms with Crippen LogP contribution >= 0.6 is 11.6 Å². The van der Waals surface area contributed by atoms with Gasteiger partial charge in [0, 0.05) is 12.0 Å². The van der Waals surface area contributed by atoms with E-state index >= 15 is 0 Å². The summed E-state index contributed by atoms with van der Waals surface area (Å²) in [7, 11) is 0. The molecular formula is C21H14ClF8N3O2. The maximum absolute atomic E-state index is 14.4. The van der Waals surface area contributed by atoms with Crippen molar-refractivity contribution in [2.45, 2.75) is 25.7 Å². The summed E-state index contributed by atoms with van der Waals surface area (Å²) in [5.41, 5.74) is -2.87. The van der Waals surface area contributed by atoms with Crippen LogP contribution in [0.25, 0.3) is 11.3 Å². The van der Waals surface area contributed by atoms with Gasteiger partial charge in [-0.15, -0.1) is 0 Å². The van der Waals surface area contributed by atoms with Crippen LogP contribution in [0.1, 0.15) is 29.4 Å². The van der Waals surface area contributed by atoms with Gasteiger partial charge in [0.1, 0.15) is 17.4 Å². The first kappa shape index (κ1) is 27.8. The topological polar surface area (TPSA) is 75.1 Å². The molecule has 2 aromatic carbocycles. The molecule has 0 saturated carbocycles. The number of rotatable bonds is 3. The van der Waals surface area contributed by atoms with Crippen LogP contribution in [0.3, 0.4) is 0 Å². The maximum atomic E-state index is 14.4. The zero-order valence-corrected chi connectivity index (χ0v) is 18.2. The van der Waals surface area contributed by atoms with E-state index in [1.54, 1.807) is 0 Å². The Hall–Kier alpha value is -3.48. The molecule has 0 radical (unpaired) electrons. The summed E-state index contributed by atoms with van der Waals surface area (Å²) in [4.78, 5) is 18.9. The number of anilines is 1. The summed E-state index contributed by atoms with van der Waals surface area (Å²) >= 11 is 5.80. The van der Waals surface area contributed by atoms with Crippen molar-refractivity contribution in [3.05, 3.63) is 70.6 Å². The fourth-order valence-corrected chi connectivity index (χ4v) is 2.56. The third kappa shape index (κ3) is 7.50. The number of nitrogens with one attached hydrogen (secondary N) is 1. The van der Waals surface area contributed by atoms with Gasteiger partial charge in [-0.05, 0) is 24.3 Å². The summed E-state index contributed by atoms with van der Waals surface area (Å²) in [6.07, 6.45) is -8.32. The number of amides is 1. The first-order valence-corrected chi connectivity index (χ1v) is 9.76. The molecule has 5 nitrogen and oxygen atoms in total. The molecule has 1 amide bonds. The van der Waals surface area contributed by atoms with Gasteiger partial charge in [0.15, 0.2) is 5.69 Å². The molecule has 1 aromatic heterocycles. The lowest BCUT2D eigenvalue weighted by atomic mass is 10.1. The molecule has 188 valence electrons. The van der Waals surface area contributed by atoms with E-state index in [0.29, 0.717) is 18.5 Å². The molecule has 14 heteroatoms. The van der Waals surface area contributed by atoms with Gasteiger partial charge in [-0.3, -0.25) is 9.78 Å². The molecule has 0 bridgehead atoms. The molecule has 1 heterocycles. The van der Waals surface area contributed by atoms with Crippen LogP contribution < -0.4 is 5.32 Å². The van der Waals surface area contributed by atoms with Gasteiger partial charge >= 0.3 is 12.4 Å². The van der Waals surface area contributed by atoms with Crippen molar-refractivity contribution in [3.8, 4) is 17.0 Å². The minimum atomic E-state index is -4.72. The Morgan fingerprint density at radius 2 is 1.66 bits per heavy atom. The Kier molecular flexibility index (Phi) is 8.60. The molecule has 0 aliphatic carbocycles. The van der Waals surface area contributed by atoms with Gasteiger partial charge in [-0.1, -0.05) is 24.6 Å². The molecule has 3 aromatic rings. The average Bonchev–Trinajstić information content (AvgIpc) is 2.77. The Labute approximate surface area is 197 Å². The second-order valence-corrected chi connectivity index (χ2v) is 7.06. The van der Waals surface area contributed by atoms with Gasteiger partial charge in [-0.25, -0.2) is 13.8 Å². The summed E-state index contributed by atoms with van der Waals surface area (Å²) in [5.74, 6) is -3.68. The number of carbonyl (C=O) groups is 1. The van der Waals surface area contributed by atoms with E-state index in [9.17, 15) is 45.0 Å². The number of carbonyl (C=O) groups excluding carboxylic acids is 1. The number of hydrogen-bond acceptors (Lipinski definition) is 4. The smallest absolute Gasteiger partial charge is 0.434 e. The molecule has 0 atom stereocenters. The minimum Gasteiger partial charge on any atom is -0.507 e. The fourth-order valence-electron chi connectivity index (χ4n) is 2.35. The van der Waals surface area contributed by atoms with Crippen molar-refractivity contribution < 1.29 is 45.0 Å². The van der Waals surface area contributed by atoms with Crippen LogP contribution in [0.4, 0.5) is 40.8 Å². The quantitative estimate of drug-likeness (QED) is 0.359. The number of aromatic hydroxyl groups is 1. The van der Waals surface area contributed by atoms with Crippen LogP contribution in [0.5, 0.6) is 5.75 Å². The molecule has 3 rings (SSSR count). The average molecular weight is 528 g/mol. The molecule has 0 fully saturated rings. The van der Waals surface area contributed by atoms with E-state index in [-0.39, 0.29) is 22.0 Å². The minimum absolute atomic E-state index is 0.116. The summed E-state index contributed by atoms with van der Waals surface area (Å²) in [5, 5.41) is 12.1. The second-order valence-electron chi connectivity index (χ2n) is 6.65. The number of aromatic nitrogens is 2. The zero-order valence-electron chi connectivity index (χ0n) is 17.4. The Morgan fingerprint density at radius 3 is 2.14 bits per heavy atom. The predicted octanol–water partition coefficient (Wildman–Crippen LogP) is 7.01. The number of phenolic OH excluding ortho intramolecular Hbond substituents is 1. The van der Waals surface area contributed by atoms with Crippen molar-refractivity contribution in [3.63, 3.8) is 0 Å². The number of halogens is 9. The van der Waals surface area contributed by atoms with E-state index in [2.05, 4.69) is 15.3 Å². The van der Waals surface area contributed by atoms with E-state index < -0.39 is 53.3 Å². The van der Waals surface area contributed by atoms with Crippen LogP contribution in [0, 0.1) is 11.6 Å². The standard InChI is InChI=1S/C18H9ClF5N3O2.C3H5F3/c19-10-2-1-3-11(20)16(10)27-17(29)9-4-12(21)8(5-14(9)28)13-6-26-15(7-25-13)18(22,23)24;1-2-3(4,5)6/h1-7,28H,(H,27,29);2H2,1H3. The first-order valence-electron chi connectivity index (χ1n) is 9.38. The molecule has 0 spiro atoms. The highest BCUT2D eigenvalue weighted by atomic mass is 35.5. The number of phenols is 1. The molecule has 0 aliphatic rings. The zero-order chi connectivity index (χ0) is 26.6. The van der Waals surface area contributed by atoms with Gasteiger partial charge in [-0.2, -0.15) is 26.3 Å². The highest BCUT2D eigenvalue weighted by Crippen LogP contribution is 2.32. The number of alkyl halides is 6. The molecule has 0 aliphatic heterocycles. The monoisotopic (exact) mass is 527 g/mol. The number of hydrogen-bond donors (Lipinski definition) is 2. The van der Waals surface area contributed by atoms with Gasteiger partial charge in [0.2, 0.25) is 0 Å². The van der Waals surface area contributed by atoms with Crippen LogP contribution in [-0.2, 0) is 6.18 Å². The predicted molar refractivity (Wildman–Crippen MR) is 110 cm³/mol. The summed E-state index contributed by atoms with van der Waals surface area (Å²) in [6.45, 7) is 1.08. The molecule has 0 unspecified atom stereocenters. The second kappa shape index (κ2) is 10.8. The Bertz CT molecular complexity index is 1180. The Balaban J connectivity index is 0.000000641. The molecule has 2 N–H and O–H groups in total. The van der Waals surface area contributed by atoms with Crippen molar-refractivity contribution in [1.29, 1.82) is 0 Å². The maximum Gasteiger partial charge on any atom is 0.434 e.